The van der Waals surface area contributed by atoms with Gasteiger partial charge in [-0.2, -0.15) is 0 Å². The van der Waals surface area contributed by atoms with Crippen molar-refractivity contribution in [1.82, 2.24) is 0 Å². The molecule has 0 spiro atoms. The summed E-state index contributed by atoms with van der Waals surface area (Å²) in [6.07, 6.45) is 4.32. The molecule has 3 atom stereocenters. The minimum Gasteiger partial charge on any atom is -0.748 e. The van der Waals surface area contributed by atoms with Crippen molar-refractivity contribution >= 4 is 44.9 Å². The first-order valence-electron chi connectivity index (χ1n) is 7.19. The molecule has 1 saturated carbocycles. The molecule has 0 heterocycles. The van der Waals surface area contributed by atoms with Gasteiger partial charge in [0.25, 0.3) is 0 Å². The Morgan fingerprint density at radius 1 is 1.22 bits per heavy atom. The van der Waals surface area contributed by atoms with Crippen LogP contribution < -0.4 is 0 Å². The lowest BCUT2D eigenvalue weighted by molar-refractivity contribution is 0.193. The van der Waals surface area contributed by atoms with E-state index in [2.05, 4.69) is 0 Å². The molecule has 0 aromatic heterocycles. The van der Waals surface area contributed by atoms with E-state index in [1.54, 1.807) is 0 Å². The van der Waals surface area contributed by atoms with Gasteiger partial charge < -0.3 is 9.66 Å². The highest BCUT2D eigenvalue weighted by molar-refractivity contribution is 7.84. The molecule has 1 aliphatic carbocycles. The molecule has 1 aromatic rings. The van der Waals surface area contributed by atoms with Crippen LogP contribution in [-0.2, 0) is 10.1 Å². The second-order valence-electron chi connectivity index (χ2n) is 5.61. The topological polar surface area (TPSA) is 77.4 Å². The van der Waals surface area contributed by atoms with Crippen LogP contribution in [0.1, 0.15) is 48.8 Å². The van der Waals surface area contributed by atoms with E-state index in [9.17, 15) is 5.11 Å². The van der Waals surface area contributed by atoms with Gasteiger partial charge in [-0.15, -0.1) is 34.8 Å². The van der Waals surface area contributed by atoms with Crippen molar-refractivity contribution in [3.63, 3.8) is 0 Å². The van der Waals surface area contributed by atoms with Gasteiger partial charge in [0, 0.05) is 11.6 Å². The van der Waals surface area contributed by atoms with Crippen molar-refractivity contribution in [3.8, 4) is 0 Å². The summed E-state index contributed by atoms with van der Waals surface area (Å²) in [7, 11) is -3.92. The maximum atomic E-state index is 9.76. The lowest BCUT2D eigenvalue weighted by Gasteiger charge is -2.26. The first-order chi connectivity index (χ1) is 10.6. The Hall–Kier alpha value is -0.0400. The third-order valence-corrected chi connectivity index (χ3v) is 4.47. The number of rotatable bonds is 3. The van der Waals surface area contributed by atoms with Gasteiger partial charge in [0.1, 0.15) is 10.9 Å². The summed E-state index contributed by atoms with van der Waals surface area (Å²) in [6.45, 7) is 0. The smallest absolute Gasteiger partial charge is 0.137 e. The van der Waals surface area contributed by atoms with Crippen molar-refractivity contribution in [3.05, 3.63) is 35.4 Å². The first-order valence-corrected chi connectivity index (χ1v) is 10.3. The summed E-state index contributed by atoms with van der Waals surface area (Å²) in [5.74, 6) is 0.537. The highest BCUT2D eigenvalue weighted by Crippen LogP contribution is 2.35. The number of hydrogen-bond acceptors (Lipinski definition) is 4. The van der Waals surface area contributed by atoms with Crippen LogP contribution >= 0.6 is 34.8 Å². The van der Waals surface area contributed by atoms with Gasteiger partial charge in [-0.1, -0.05) is 30.7 Å². The second kappa shape index (κ2) is 9.44. The molecule has 132 valence electrons. The molecule has 0 saturated heterocycles. The maximum absolute atomic E-state index is 9.76. The van der Waals surface area contributed by atoms with Gasteiger partial charge in [0.15, 0.2) is 0 Å². The molecule has 0 radical (unpaired) electrons. The lowest BCUT2D eigenvalue weighted by atomic mass is 9.83. The molecule has 0 aliphatic heterocycles. The van der Waals surface area contributed by atoms with Crippen molar-refractivity contribution in [2.24, 2.45) is 0 Å². The summed E-state index contributed by atoms with van der Waals surface area (Å²) < 4.78 is 27.2. The van der Waals surface area contributed by atoms with Gasteiger partial charge in [0.05, 0.1) is 10.1 Å². The highest BCUT2D eigenvalue weighted by atomic mass is 35.5. The third kappa shape index (κ3) is 8.57. The fourth-order valence-electron chi connectivity index (χ4n) is 2.54. The van der Waals surface area contributed by atoms with E-state index in [-0.39, 0.29) is 0 Å². The summed E-state index contributed by atoms with van der Waals surface area (Å²) in [6, 6.07) is 7.90. The van der Waals surface area contributed by atoms with Crippen LogP contribution in [0.3, 0.4) is 0 Å². The number of aliphatic hydroxyl groups is 1. The molecule has 4 nitrogen and oxygen atoms in total. The van der Waals surface area contributed by atoms with E-state index >= 15 is 0 Å². The van der Waals surface area contributed by atoms with Crippen LogP contribution in [0.5, 0.6) is 0 Å². The molecule has 0 bridgehead atoms. The van der Waals surface area contributed by atoms with Crippen LogP contribution in [-0.4, -0.2) is 34.5 Å². The first kappa shape index (κ1) is 21.0. The van der Waals surface area contributed by atoms with Gasteiger partial charge in [-0.05, 0) is 36.3 Å². The molecule has 1 fully saturated rings. The molecule has 1 N–H and O–H groups in total. The highest BCUT2D eigenvalue weighted by Gasteiger charge is 2.22. The van der Waals surface area contributed by atoms with Crippen molar-refractivity contribution in [1.29, 1.82) is 0 Å². The van der Waals surface area contributed by atoms with Crippen molar-refractivity contribution in [2.75, 3.05) is 6.26 Å². The Balaban J connectivity index is 0.000000463. The summed E-state index contributed by atoms with van der Waals surface area (Å²) in [4.78, 5) is -0.794. The van der Waals surface area contributed by atoms with Crippen LogP contribution in [0.25, 0.3) is 0 Å². The van der Waals surface area contributed by atoms with Crippen molar-refractivity contribution in [2.45, 2.75) is 47.9 Å². The quantitative estimate of drug-likeness (QED) is 0.613. The monoisotopic (exact) mass is 401 g/mol. The van der Waals surface area contributed by atoms with E-state index < -0.39 is 21.1 Å². The fourth-order valence-corrected chi connectivity index (χ4v) is 3.20. The molecule has 8 heteroatoms. The maximum Gasteiger partial charge on any atom is 0.137 e. The Morgan fingerprint density at radius 2 is 1.74 bits per heavy atom. The van der Waals surface area contributed by atoms with E-state index in [0.717, 1.165) is 18.4 Å². The number of benzene rings is 1. The van der Waals surface area contributed by atoms with Gasteiger partial charge in [0.2, 0.25) is 0 Å². The van der Waals surface area contributed by atoms with Crippen LogP contribution in [0.4, 0.5) is 0 Å². The van der Waals surface area contributed by atoms with Gasteiger partial charge >= 0.3 is 0 Å². The summed E-state index contributed by atoms with van der Waals surface area (Å²) in [5.41, 5.74) is 2.05. The minimum absolute atomic E-state index is 0.295. The van der Waals surface area contributed by atoms with E-state index in [0.29, 0.717) is 17.6 Å². The Bertz CT molecular complexity index is 567. The molecule has 3 unspecified atom stereocenters. The fraction of sp³-hybridized carbons (Fsp3) is 0.600. The summed E-state index contributed by atoms with van der Waals surface area (Å²) in [5, 5.41) is 10.1. The molecular formula is C15H20Cl3O4S-. The zero-order chi connectivity index (χ0) is 17.6. The lowest BCUT2D eigenvalue weighted by Crippen LogP contribution is -2.14. The average molecular weight is 403 g/mol. The van der Waals surface area contributed by atoms with E-state index in [1.165, 1.54) is 18.4 Å². The molecule has 1 aliphatic rings. The Morgan fingerprint density at radius 3 is 2.17 bits per heavy atom. The van der Waals surface area contributed by atoms with Gasteiger partial charge in [-0.25, -0.2) is 8.42 Å². The summed E-state index contributed by atoms with van der Waals surface area (Å²) >= 11 is 17.5. The van der Waals surface area contributed by atoms with Crippen LogP contribution in [0, 0.1) is 0 Å². The second-order valence-corrected chi connectivity index (χ2v) is 8.80. The molecule has 2 rings (SSSR count). The molecular weight excluding hydrogens is 383 g/mol. The number of halogens is 3. The zero-order valence-corrected chi connectivity index (χ0v) is 15.7. The largest absolute Gasteiger partial charge is 0.748 e. The SMILES string of the molecule is CS(=O)(=O)[O-].OC(c1ccc(C2CCCC(Cl)C2)cc1)C(Cl)Cl. The van der Waals surface area contributed by atoms with Gasteiger partial charge in [-0.3, -0.25) is 0 Å². The minimum atomic E-state index is -3.92. The van der Waals surface area contributed by atoms with Crippen LogP contribution in [0.15, 0.2) is 24.3 Å². The third-order valence-electron chi connectivity index (χ3n) is 3.60. The zero-order valence-electron chi connectivity index (χ0n) is 12.7. The number of alkyl halides is 3. The number of hydrogen-bond donors (Lipinski definition) is 1. The van der Waals surface area contributed by atoms with Crippen molar-refractivity contribution < 1.29 is 18.1 Å². The standard InChI is InChI=1S/C14H17Cl3O.CH4O3S/c15-12-3-1-2-11(8-12)9-4-6-10(7-5-9)13(18)14(16)17;1-5(2,3)4/h4-7,11-14,18H,1-3,8H2;1H3,(H,2,3,4)/p-1. The average Bonchev–Trinajstić information content (AvgIpc) is 2.45. The van der Waals surface area contributed by atoms with Crippen LogP contribution in [0.2, 0.25) is 0 Å². The van der Waals surface area contributed by atoms with E-state index in [4.69, 9.17) is 47.8 Å². The molecule has 0 amide bonds. The molecule has 1 aromatic carbocycles. The predicted molar refractivity (Wildman–Crippen MR) is 93.4 cm³/mol. The Labute approximate surface area is 152 Å². The Kier molecular flexibility index (Phi) is 8.63. The normalized spacial score (nSPS) is 23.1. The molecule has 23 heavy (non-hydrogen) atoms. The van der Waals surface area contributed by atoms with E-state index in [1.807, 2.05) is 24.3 Å². The predicted octanol–water partition coefficient (Wildman–Crippen LogP) is 3.95. The number of aliphatic hydroxyl groups excluding tert-OH is 1.